The molecule has 1 aromatic heterocycles. The van der Waals surface area contributed by atoms with Crippen molar-refractivity contribution in [3.63, 3.8) is 0 Å². The fourth-order valence-electron chi connectivity index (χ4n) is 2.49. The van der Waals surface area contributed by atoms with E-state index in [1.54, 1.807) is 42.7 Å². The van der Waals surface area contributed by atoms with Gasteiger partial charge in [-0.3, -0.25) is 4.79 Å². The van der Waals surface area contributed by atoms with E-state index in [2.05, 4.69) is 20.6 Å². The first kappa shape index (κ1) is 18.8. The van der Waals surface area contributed by atoms with Gasteiger partial charge in [0.2, 0.25) is 5.95 Å². The summed E-state index contributed by atoms with van der Waals surface area (Å²) in [7, 11) is 0. The van der Waals surface area contributed by atoms with Crippen LogP contribution in [0.15, 0.2) is 73.1 Å². The summed E-state index contributed by atoms with van der Waals surface area (Å²) in [6, 6.07) is 16.1. The zero-order chi connectivity index (χ0) is 19.8. The van der Waals surface area contributed by atoms with Gasteiger partial charge in [-0.05, 0) is 47.5 Å². The number of nitrogens with zero attached hydrogens (tertiary/aromatic N) is 2. The van der Waals surface area contributed by atoms with Gasteiger partial charge in [0.1, 0.15) is 0 Å². The van der Waals surface area contributed by atoms with Gasteiger partial charge in [-0.15, -0.1) is 0 Å². The summed E-state index contributed by atoms with van der Waals surface area (Å²) in [6.07, 6.45) is 5.85. The van der Waals surface area contributed by atoms with Gasteiger partial charge in [0, 0.05) is 36.3 Å². The van der Waals surface area contributed by atoms with Crippen molar-refractivity contribution in [2.45, 2.75) is 6.54 Å². The number of carboxylic acids is 1. The number of aliphatic carboxylic acids is 1. The average Bonchev–Trinajstić information content (AvgIpc) is 2.72. The van der Waals surface area contributed by atoms with Crippen molar-refractivity contribution in [3.05, 3.63) is 89.8 Å². The lowest BCUT2D eigenvalue weighted by Gasteiger charge is -2.09. The van der Waals surface area contributed by atoms with Gasteiger partial charge in [0.05, 0.1) is 0 Å². The van der Waals surface area contributed by atoms with Crippen LogP contribution in [0.4, 0.5) is 11.6 Å². The largest absolute Gasteiger partial charge is 0.478 e. The van der Waals surface area contributed by atoms with E-state index in [4.69, 9.17) is 5.11 Å². The Kier molecular flexibility index (Phi) is 6.10. The molecule has 1 amide bonds. The van der Waals surface area contributed by atoms with Crippen molar-refractivity contribution in [3.8, 4) is 0 Å². The lowest BCUT2D eigenvalue weighted by atomic mass is 10.1. The number of rotatable bonds is 7. The molecule has 2 aromatic carbocycles. The number of hydrogen-bond acceptors (Lipinski definition) is 5. The van der Waals surface area contributed by atoms with E-state index in [-0.39, 0.29) is 5.91 Å². The van der Waals surface area contributed by atoms with Gasteiger partial charge in [0.15, 0.2) is 0 Å². The minimum Gasteiger partial charge on any atom is -0.478 e. The Labute approximate surface area is 161 Å². The lowest BCUT2D eigenvalue weighted by molar-refractivity contribution is -0.131. The van der Waals surface area contributed by atoms with Crippen molar-refractivity contribution in [1.29, 1.82) is 0 Å². The van der Waals surface area contributed by atoms with E-state index in [0.29, 0.717) is 23.7 Å². The molecule has 7 heteroatoms. The van der Waals surface area contributed by atoms with E-state index < -0.39 is 5.97 Å². The van der Waals surface area contributed by atoms with Crippen LogP contribution in [-0.2, 0) is 11.3 Å². The van der Waals surface area contributed by atoms with Crippen LogP contribution in [0.3, 0.4) is 0 Å². The second-order valence-corrected chi connectivity index (χ2v) is 5.88. The van der Waals surface area contributed by atoms with Crippen LogP contribution >= 0.6 is 0 Å². The van der Waals surface area contributed by atoms with Crippen LogP contribution < -0.4 is 10.6 Å². The number of hydrogen-bond donors (Lipinski definition) is 3. The Balaban J connectivity index is 1.63. The molecule has 0 fully saturated rings. The Bertz CT molecular complexity index is 1000. The molecule has 3 aromatic rings. The lowest BCUT2D eigenvalue weighted by Crippen LogP contribution is -2.22. The molecule has 28 heavy (non-hydrogen) atoms. The molecule has 0 spiro atoms. The van der Waals surface area contributed by atoms with Crippen LogP contribution in [0.1, 0.15) is 21.5 Å². The molecule has 0 saturated heterocycles. The maximum atomic E-state index is 12.5. The topological polar surface area (TPSA) is 104 Å². The first-order valence-electron chi connectivity index (χ1n) is 8.52. The molecule has 0 radical (unpaired) electrons. The van der Waals surface area contributed by atoms with Gasteiger partial charge in [0.25, 0.3) is 5.91 Å². The number of carbonyl (C=O) groups excluding carboxylic acids is 1. The standard InChI is InChI=1S/C21H18N4O3/c26-19(27)9-8-15-4-1-5-16(12-15)14-24-20(28)17-6-2-7-18(13-17)25-21-22-10-3-11-23-21/h1-13H,14H2,(H,24,28)(H,26,27)(H,22,23,25)/b9-8+. The summed E-state index contributed by atoms with van der Waals surface area (Å²) in [6.45, 7) is 0.326. The third-order valence-corrected chi connectivity index (χ3v) is 3.77. The summed E-state index contributed by atoms with van der Waals surface area (Å²) in [5.74, 6) is -0.775. The summed E-state index contributed by atoms with van der Waals surface area (Å²) < 4.78 is 0. The molecule has 3 rings (SSSR count). The number of anilines is 2. The van der Waals surface area contributed by atoms with Crippen LogP contribution in [0.25, 0.3) is 6.08 Å². The monoisotopic (exact) mass is 374 g/mol. The minimum atomic E-state index is -1.01. The fourth-order valence-corrected chi connectivity index (χ4v) is 2.49. The molecule has 0 unspecified atom stereocenters. The highest BCUT2D eigenvalue weighted by atomic mass is 16.4. The zero-order valence-corrected chi connectivity index (χ0v) is 14.9. The Morgan fingerprint density at radius 1 is 1.00 bits per heavy atom. The second kappa shape index (κ2) is 9.09. The maximum absolute atomic E-state index is 12.5. The highest BCUT2D eigenvalue weighted by molar-refractivity contribution is 5.95. The van der Waals surface area contributed by atoms with Crippen LogP contribution in [0.2, 0.25) is 0 Å². The second-order valence-electron chi connectivity index (χ2n) is 5.88. The van der Waals surface area contributed by atoms with Crippen molar-refractivity contribution in [2.75, 3.05) is 5.32 Å². The van der Waals surface area contributed by atoms with Crippen molar-refractivity contribution < 1.29 is 14.7 Å². The SMILES string of the molecule is O=C(O)/C=C/c1cccc(CNC(=O)c2cccc(Nc3ncccn3)c2)c1. The van der Waals surface area contributed by atoms with Gasteiger partial charge < -0.3 is 15.7 Å². The van der Waals surface area contributed by atoms with Gasteiger partial charge >= 0.3 is 5.97 Å². The molecule has 140 valence electrons. The van der Waals surface area contributed by atoms with Crippen LogP contribution in [0, 0.1) is 0 Å². The predicted molar refractivity (Wildman–Crippen MR) is 106 cm³/mol. The Morgan fingerprint density at radius 2 is 1.79 bits per heavy atom. The molecule has 3 N–H and O–H groups in total. The van der Waals surface area contributed by atoms with Crippen molar-refractivity contribution >= 4 is 29.6 Å². The molecule has 7 nitrogen and oxygen atoms in total. The Morgan fingerprint density at radius 3 is 2.57 bits per heavy atom. The quantitative estimate of drug-likeness (QED) is 0.549. The Hall–Kier alpha value is -4.00. The van der Waals surface area contributed by atoms with Crippen molar-refractivity contribution in [1.82, 2.24) is 15.3 Å². The molecule has 0 atom stereocenters. The predicted octanol–water partition coefficient (Wildman–Crippen LogP) is 3.25. The van der Waals surface area contributed by atoms with E-state index in [1.807, 2.05) is 24.3 Å². The molecule has 0 aliphatic carbocycles. The number of nitrogens with one attached hydrogen (secondary N) is 2. The number of amides is 1. The van der Waals surface area contributed by atoms with E-state index in [1.165, 1.54) is 6.08 Å². The highest BCUT2D eigenvalue weighted by Crippen LogP contribution is 2.14. The van der Waals surface area contributed by atoms with E-state index >= 15 is 0 Å². The molecule has 0 saturated carbocycles. The summed E-state index contributed by atoms with van der Waals surface area (Å²) in [5, 5.41) is 14.6. The van der Waals surface area contributed by atoms with Crippen molar-refractivity contribution in [2.24, 2.45) is 0 Å². The third-order valence-electron chi connectivity index (χ3n) is 3.77. The zero-order valence-electron chi connectivity index (χ0n) is 14.9. The van der Waals surface area contributed by atoms with E-state index in [0.717, 1.165) is 17.2 Å². The normalized spacial score (nSPS) is 10.6. The molecule has 0 bridgehead atoms. The fraction of sp³-hybridized carbons (Fsp3) is 0.0476. The minimum absolute atomic E-state index is 0.218. The first-order valence-corrected chi connectivity index (χ1v) is 8.52. The number of carbonyl (C=O) groups is 2. The highest BCUT2D eigenvalue weighted by Gasteiger charge is 2.07. The van der Waals surface area contributed by atoms with Gasteiger partial charge in [-0.1, -0.05) is 24.3 Å². The van der Waals surface area contributed by atoms with Crippen LogP contribution in [-0.4, -0.2) is 27.0 Å². The van der Waals surface area contributed by atoms with Crippen LogP contribution in [0.5, 0.6) is 0 Å². The van der Waals surface area contributed by atoms with Gasteiger partial charge in [-0.2, -0.15) is 0 Å². The number of carboxylic acid groups (broad SMARTS) is 1. The van der Waals surface area contributed by atoms with Gasteiger partial charge in [-0.25, -0.2) is 14.8 Å². The molecule has 0 aliphatic heterocycles. The summed E-state index contributed by atoms with van der Waals surface area (Å²) in [4.78, 5) is 31.3. The molecular weight excluding hydrogens is 356 g/mol. The third kappa shape index (κ3) is 5.50. The summed E-state index contributed by atoms with van der Waals surface area (Å²) >= 11 is 0. The summed E-state index contributed by atoms with van der Waals surface area (Å²) in [5.41, 5.74) is 2.83. The first-order chi connectivity index (χ1) is 13.6. The van der Waals surface area contributed by atoms with E-state index in [9.17, 15) is 9.59 Å². The average molecular weight is 374 g/mol. The number of benzene rings is 2. The smallest absolute Gasteiger partial charge is 0.328 e. The number of aromatic nitrogens is 2. The molecule has 0 aliphatic rings. The maximum Gasteiger partial charge on any atom is 0.328 e. The molecule has 1 heterocycles. The molecular formula is C21H18N4O3.